The summed E-state index contributed by atoms with van der Waals surface area (Å²) in [4.78, 5) is 37.6. The maximum Gasteiger partial charge on any atom is 0.361 e. The molecule has 0 saturated heterocycles. The van der Waals surface area contributed by atoms with Gasteiger partial charge in [-0.1, -0.05) is 258 Å². The number of ether oxygens (including phenoxy) is 4. The molecule has 494 valence electrons. The highest BCUT2D eigenvalue weighted by Gasteiger charge is 2.25. The van der Waals surface area contributed by atoms with Crippen molar-refractivity contribution in [1.82, 2.24) is 0 Å². The molecule has 0 aliphatic carbocycles. The third kappa shape index (κ3) is 69.0. The highest BCUT2D eigenvalue weighted by Crippen LogP contribution is 2.12. The van der Waals surface area contributed by atoms with E-state index in [1.54, 1.807) is 0 Å². The lowest BCUT2D eigenvalue weighted by Crippen LogP contribution is -2.40. The number of aliphatic carboxylic acids is 1. The second kappa shape index (κ2) is 67.5. The fraction of sp³-hybridized carbons (Fsp3) is 0.512. The molecule has 89 heavy (non-hydrogen) atoms. The molecule has 2 unspecified atom stereocenters. The van der Waals surface area contributed by atoms with Gasteiger partial charge in [-0.2, -0.15) is 0 Å². The average molecular weight is 1230 g/mol. The van der Waals surface area contributed by atoms with Crippen LogP contribution in [0.1, 0.15) is 206 Å². The first-order chi connectivity index (χ1) is 43.6. The molecule has 0 rings (SSSR count). The van der Waals surface area contributed by atoms with Gasteiger partial charge in [-0.3, -0.25) is 9.59 Å². The first kappa shape index (κ1) is 82.6. The number of allylic oxidation sites excluding steroid dienone is 36. The maximum atomic E-state index is 12.9. The minimum atomic E-state index is -1.54. The summed E-state index contributed by atoms with van der Waals surface area (Å²) in [5.41, 5.74) is 0. The number of quaternary nitrogens is 1. The van der Waals surface area contributed by atoms with Crippen LogP contribution in [0, 0.1) is 0 Å². The van der Waals surface area contributed by atoms with Gasteiger partial charge in [0.05, 0.1) is 34.4 Å². The Balaban J connectivity index is 4.37. The van der Waals surface area contributed by atoms with E-state index in [-0.39, 0.29) is 38.6 Å². The van der Waals surface area contributed by atoms with Crippen LogP contribution in [0.2, 0.25) is 0 Å². The standard InChI is InChI=1S/C80H121NO8/c1-6-8-10-12-14-16-18-20-22-24-26-28-30-32-34-36-38-39-41-43-45-47-49-51-53-55-57-59-61-63-65-67-69-71-78(83)89-76(75-88-80(79(84)85)86-73-72-81(3,4)5)74-87-77(82)70-68-66-64-62-60-58-56-54-52-50-48-46-44-42-40-37-35-33-31-29-27-25-23-21-19-17-15-13-11-9-7-2/h8-11,14-17,20-23,26-29,32-35,38-40,42-43,45-46,48-49,51-52,54-55,57,61,63,76,80H,6-7,12-13,18-19,24-25,30-31,36-37,41,44,47,50,53,56,58-60,62,64-75H2,1-5H3/p+1/b10-8-,11-9-,16-14-,17-15-,22-20-,23-21-,28-26-,29-27-,34-32-,35-33-,39-38-,42-40-,45-43-,48-46-,51-49-,54-52-,57-55-,63-61-. The van der Waals surface area contributed by atoms with E-state index in [1.807, 2.05) is 21.1 Å². The van der Waals surface area contributed by atoms with Gasteiger partial charge in [0.25, 0.3) is 6.29 Å². The van der Waals surface area contributed by atoms with Gasteiger partial charge in [0.15, 0.2) is 6.10 Å². The zero-order chi connectivity index (χ0) is 64.7. The van der Waals surface area contributed by atoms with Gasteiger partial charge in [-0.05, 0) is 154 Å². The number of esters is 2. The van der Waals surface area contributed by atoms with Crippen molar-refractivity contribution in [3.05, 3.63) is 219 Å². The van der Waals surface area contributed by atoms with E-state index in [0.717, 1.165) is 167 Å². The summed E-state index contributed by atoms with van der Waals surface area (Å²) in [7, 11) is 5.93. The second-order valence-corrected chi connectivity index (χ2v) is 22.7. The number of unbranched alkanes of at least 4 members (excludes halogenated alkanes) is 8. The molecule has 0 heterocycles. The van der Waals surface area contributed by atoms with Gasteiger partial charge < -0.3 is 28.5 Å². The molecule has 0 saturated carbocycles. The van der Waals surface area contributed by atoms with Crippen LogP contribution in [0.5, 0.6) is 0 Å². The Hall–Kier alpha value is -6.39. The monoisotopic (exact) mass is 1220 g/mol. The highest BCUT2D eigenvalue weighted by molar-refractivity contribution is 5.71. The molecule has 0 aliphatic heterocycles. The van der Waals surface area contributed by atoms with Crippen molar-refractivity contribution in [3.8, 4) is 0 Å². The van der Waals surface area contributed by atoms with Crippen molar-refractivity contribution in [2.24, 2.45) is 0 Å². The number of carboxylic acids is 1. The summed E-state index contributed by atoms with van der Waals surface area (Å²) in [5, 5.41) is 9.74. The Morgan fingerprint density at radius 2 is 0.607 bits per heavy atom. The van der Waals surface area contributed by atoms with Crippen molar-refractivity contribution >= 4 is 17.9 Å². The van der Waals surface area contributed by atoms with E-state index >= 15 is 0 Å². The normalized spacial score (nSPS) is 14.1. The minimum Gasteiger partial charge on any atom is -0.477 e. The molecular formula is C80H122NO8+. The molecule has 0 spiro atoms. The molecule has 9 nitrogen and oxygen atoms in total. The van der Waals surface area contributed by atoms with Crippen molar-refractivity contribution in [2.75, 3.05) is 47.5 Å². The van der Waals surface area contributed by atoms with Gasteiger partial charge in [0.2, 0.25) is 0 Å². The van der Waals surface area contributed by atoms with Crippen LogP contribution >= 0.6 is 0 Å². The Bertz CT molecular complexity index is 2260. The number of likely N-dealkylation sites (N-methyl/N-ethyl adjacent to an activating group) is 1. The van der Waals surface area contributed by atoms with Crippen molar-refractivity contribution in [3.63, 3.8) is 0 Å². The van der Waals surface area contributed by atoms with Crippen LogP contribution in [-0.2, 0) is 33.3 Å². The Morgan fingerprint density at radius 3 is 0.921 bits per heavy atom. The Kier molecular flexibility index (Phi) is 62.7. The first-order valence-electron chi connectivity index (χ1n) is 33.9. The van der Waals surface area contributed by atoms with Crippen LogP contribution in [0.4, 0.5) is 0 Å². The lowest BCUT2D eigenvalue weighted by atomic mass is 10.1. The third-order valence-electron chi connectivity index (χ3n) is 13.2. The smallest absolute Gasteiger partial charge is 0.361 e. The number of hydrogen-bond acceptors (Lipinski definition) is 7. The van der Waals surface area contributed by atoms with E-state index in [9.17, 15) is 19.5 Å². The summed E-state index contributed by atoms with van der Waals surface area (Å²) >= 11 is 0. The van der Waals surface area contributed by atoms with Crippen LogP contribution in [0.3, 0.4) is 0 Å². The molecule has 9 heteroatoms. The number of carbonyl (C=O) groups is 3. The summed E-state index contributed by atoms with van der Waals surface area (Å²) < 4.78 is 22.9. The van der Waals surface area contributed by atoms with Crippen LogP contribution in [0.15, 0.2) is 219 Å². The summed E-state index contributed by atoms with van der Waals surface area (Å²) in [6.45, 7) is 4.54. The Labute approximate surface area is 543 Å². The van der Waals surface area contributed by atoms with Crippen LogP contribution in [0.25, 0.3) is 0 Å². The van der Waals surface area contributed by atoms with Crippen LogP contribution < -0.4 is 0 Å². The fourth-order valence-corrected chi connectivity index (χ4v) is 8.11. The van der Waals surface area contributed by atoms with Gasteiger partial charge >= 0.3 is 17.9 Å². The molecule has 0 aromatic rings. The van der Waals surface area contributed by atoms with E-state index < -0.39 is 24.3 Å². The summed E-state index contributed by atoms with van der Waals surface area (Å²) in [6.07, 6.45) is 105. The van der Waals surface area contributed by atoms with Crippen molar-refractivity contribution in [1.29, 1.82) is 0 Å². The summed E-state index contributed by atoms with van der Waals surface area (Å²) in [5.74, 6) is -2.12. The number of carbonyl (C=O) groups excluding carboxylic acids is 2. The molecule has 0 aromatic carbocycles. The van der Waals surface area contributed by atoms with Crippen molar-refractivity contribution in [2.45, 2.75) is 219 Å². The molecule has 2 atom stereocenters. The minimum absolute atomic E-state index is 0.163. The highest BCUT2D eigenvalue weighted by atomic mass is 16.7. The molecule has 0 radical (unpaired) electrons. The van der Waals surface area contributed by atoms with Gasteiger partial charge in [-0.15, -0.1) is 0 Å². The van der Waals surface area contributed by atoms with Crippen LogP contribution in [-0.4, -0.2) is 87.4 Å². The van der Waals surface area contributed by atoms with E-state index in [4.69, 9.17) is 18.9 Å². The maximum absolute atomic E-state index is 12.9. The lowest BCUT2D eigenvalue weighted by molar-refractivity contribution is -0.870. The molecule has 0 amide bonds. The number of hydrogen-bond donors (Lipinski definition) is 1. The number of carboxylic acid groups (broad SMARTS) is 1. The molecule has 0 aromatic heterocycles. The largest absolute Gasteiger partial charge is 0.477 e. The predicted molar refractivity (Wildman–Crippen MR) is 381 cm³/mol. The topological polar surface area (TPSA) is 108 Å². The number of nitrogens with zero attached hydrogens (tertiary/aromatic N) is 1. The van der Waals surface area contributed by atoms with E-state index in [2.05, 4.69) is 233 Å². The van der Waals surface area contributed by atoms with Gasteiger partial charge in [0.1, 0.15) is 13.2 Å². The molecular weight excluding hydrogens is 1100 g/mol. The first-order valence-corrected chi connectivity index (χ1v) is 33.9. The number of rotatable bonds is 59. The fourth-order valence-electron chi connectivity index (χ4n) is 8.11. The molecule has 1 N–H and O–H groups in total. The predicted octanol–water partition coefficient (Wildman–Crippen LogP) is 21.3. The van der Waals surface area contributed by atoms with Gasteiger partial charge in [0, 0.05) is 12.8 Å². The summed E-state index contributed by atoms with van der Waals surface area (Å²) in [6, 6.07) is 0. The zero-order valence-corrected chi connectivity index (χ0v) is 56.2. The molecule has 0 bridgehead atoms. The zero-order valence-electron chi connectivity index (χ0n) is 56.2. The Morgan fingerprint density at radius 1 is 0.337 bits per heavy atom. The van der Waals surface area contributed by atoms with Gasteiger partial charge in [-0.25, -0.2) is 4.79 Å². The molecule has 0 fully saturated rings. The average Bonchev–Trinajstić information content (AvgIpc) is 3.64. The van der Waals surface area contributed by atoms with Crippen molar-refractivity contribution < 1.29 is 42.9 Å². The second-order valence-electron chi connectivity index (χ2n) is 22.7. The lowest BCUT2D eigenvalue weighted by Gasteiger charge is -2.25. The van der Waals surface area contributed by atoms with E-state index in [0.29, 0.717) is 23.9 Å². The quantitative estimate of drug-likeness (QED) is 0.0211. The molecule has 0 aliphatic rings. The SMILES string of the molecule is CC/C=C\C/C=C\C/C=C\C/C=C\C/C=C\C/C=C\C/C=C\C/C=C\C/C=C\C/C=C\CCCCC(=O)OC(COC(=O)CCCCCCCC/C=C\C/C=C\C/C=C\C/C=C\C/C=C\C/C=C\C/C=C\C/C=C\CC)COC(OCC[N+](C)(C)C)C(=O)O. The third-order valence-corrected chi connectivity index (χ3v) is 13.2. The van der Waals surface area contributed by atoms with E-state index in [1.165, 1.54) is 0 Å².